The quantitative estimate of drug-likeness (QED) is 0.567. The fourth-order valence-corrected chi connectivity index (χ4v) is 3.56. The fraction of sp³-hybridized carbons (Fsp3) is 0.391. The van der Waals surface area contributed by atoms with Crippen LogP contribution >= 0.6 is 0 Å². The standard InChI is InChI=1S/C23H28N2O6/c1-28-20-9-6-18(22(29-2)23(20)30-3)14-24-10-12-25(13-11-24)21(27)16-31-19-7-4-17(15-26)5-8-19/h4-9,15H,10-14,16H2,1-3H3. The minimum atomic E-state index is -0.0530. The predicted octanol–water partition coefficient (Wildman–Crippen LogP) is 2.25. The van der Waals surface area contributed by atoms with Crippen molar-refractivity contribution in [3.8, 4) is 23.0 Å². The zero-order valence-electron chi connectivity index (χ0n) is 18.1. The highest BCUT2D eigenvalue weighted by Crippen LogP contribution is 2.40. The van der Waals surface area contributed by atoms with Gasteiger partial charge in [-0.3, -0.25) is 14.5 Å². The van der Waals surface area contributed by atoms with Crippen LogP contribution in [0.3, 0.4) is 0 Å². The van der Waals surface area contributed by atoms with E-state index in [-0.39, 0.29) is 12.5 Å². The highest BCUT2D eigenvalue weighted by Gasteiger charge is 2.23. The summed E-state index contributed by atoms with van der Waals surface area (Å²) >= 11 is 0. The Balaban J connectivity index is 1.52. The number of carbonyl (C=O) groups excluding carboxylic acids is 2. The number of rotatable bonds is 9. The van der Waals surface area contributed by atoms with Gasteiger partial charge in [0.2, 0.25) is 5.75 Å². The van der Waals surface area contributed by atoms with E-state index in [9.17, 15) is 9.59 Å². The second kappa shape index (κ2) is 10.7. The van der Waals surface area contributed by atoms with Crippen LogP contribution in [0.15, 0.2) is 36.4 Å². The van der Waals surface area contributed by atoms with E-state index in [2.05, 4.69) is 4.90 Å². The van der Waals surface area contributed by atoms with Gasteiger partial charge in [0.25, 0.3) is 5.91 Å². The number of methoxy groups -OCH3 is 3. The van der Waals surface area contributed by atoms with Gasteiger partial charge in [0.15, 0.2) is 18.1 Å². The molecule has 0 atom stereocenters. The van der Waals surface area contributed by atoms with Gasteiger partial charge in [-0.25, -0.2) is 0 Å². The molecule has 3 rings (SSSR count). The number of ether oxygens (including phenoxy) is 4. The third kappa shape index (κ3) is 5.46. The maximum absolute atomic E-state index is 12.5. The fourth-order valence-electron chi connectivity index (χ4n) is 3.56. The monoisotopic (exact) mass is 428 g/mol. The number of piperazine rings is 1. The van der Waals surface area contributed by atoms with Crippen molar-refractivity contribution in [3.05, 3.63) is 47.5 Å². The van der Waals surface area contributed by atoms with Gasteiger partial charge in [0.05, 0.1) is 21.3 Å². The van der Waals surface area contributed by atoms with Crippen molar-refractivity contribution >= 4 is 12.2 Å². The Bertz CT molecular complexity index is 892. The van der Waals surface area contributed by atoms with E-state index in [1.807, 2.05) is 17.0 Å². The third-order valence-corrected chi connectivity index (χ3v) is 5.28. The van der Waals surface area contributed by atoms with Gasteiger partial charge in [-0.1, -0.05) is 6.07 Å². The second-order valence-corrected chi connectivity index (χ2v) is 7.13. The first-order valence-corrected chi connectivity index (χ1v) is 10.1. The molecule has 1 saturated heterocycles. The number of amides is 1. The Morgan fingerprint density at radius 3 is 2.16 bits per heavy atom. The number of hydrogen-bond acceptors (Lipinski definition) is 7. The SMILES string of the molecule is COc1ccc(CN2CCN(C(=O)COc3ccc(C=O)cc3)CC2)c(OC)c1OC. The van der Waals surface area contributed by atoms with Crippen molar-refractivity contribution in [2.45, 2.75) is 6.54 Å². The largest absolute Gasteiger partial charge is 0.493 e. The molecule has 0 radical (unpaired) electrons. The van der Waals surface area contributed by atoms with Gasteiger partial charge >= 0.3 is 0 Å². The highest BCUT2D eigenvalue weighted by atomic mass is 16.5. The van der Waals surface area contributed by atoms with Crippen molar-refractivity contribution in [3.63, 3.8) is 0 Å². The molecule has 31 heavy (non-hydrogen) atoms. The Kier molecular flexibility index (Phi) is 7.72. The number of aldehydes is 1. The average molecular weight is 428 g/mol. The van der Waals surface area contributed by atoms with E-state index in [1.165, 1.54) is 0 Å². The topological polar surface area (TPSA) is 77.5 Å². The summed E-state index contributed by atoms with van der Waals surface area (Å²) in [6.45, 7) is 3.41. The summed E-state index contributed by atoms with van der Waals surface area (Å²) in [5.41, 5.74) is 1.57. The molecular formula is C23H28N2O6. The molecule has 0 unspecified atom stereocenters. The minimum Gasteiger partial charge on any atom is -0.493 e. The first kappa shape index (κ1) is 22.4. The van der Waals surface area contributed by atoms with Crippen LogP contribution < -0.4 is 18.9 Å². The third-order valence-electron chi connectivity index (χ3n) is 5.28. The number of carbonyl (C=O) groups is 2. The van der Waals surface area contributed by atoms with Crippen LogP contribution in [0.1, 0.15) is 15.9 Å². The van der Waals surface area contributed by atoms with Crippen molar-refractivity contribution in [2.24, 2.45) is 0 Å². The zero-order valence-corrected chi connectivity index (χ0v) is 18.1. The molecule has 1 aliphatic rings. The van der Waals surface area contributed by atoms with Crippen molar-refractivity contribution < 1.29 is 28.5 Å². The molecule has 166 valence electrons. The molecule has 2 aromatic carbocycles. The van der Waals surface area contributed by atoms with E-state index < -0.39 is 0 Å². The molecule has 0 aliphatic carbocycles. The van der Waals surface area contributed by atoms with Crippen LogP contribution in [-0.4, -0.2) is 76.1 Å². The molecule has 0 bridgehead atoms. The predicted molar refractivity (Wildman–Crippen MR) is 115 cm³/mol. The van der Waals surface area contributed by atoms with Gasteiger partial charge < -0.3 is 23.8 Å². The molecule has 0 spiro atoms. The second-order valence-electron chi connectivity index (χ2n) is 7.13. The summed E-state index contributed by atoms with van der Waals surface area (Å²) in [6.07, 6.45) is 0.770. The highest BCUT2D eigenvalue weighted by molar-refractivity contribution is 5.78. The van der Waals surface area contributed by atoms with Crippen LogP contribution in [0.4, 0.5) is 0 Å². The summed E-state index contributed by atoms with van der Waals surface area (Å²) < 4.78 is 21.9. The van der Waals surface area contributed by atoms with Crippen molar-refractivity contribution in [2.75, 3.05) is 54.1 Å². The molecule has 0 N–H and O–H groups in total. The van der Waals surface area contributed by atoms with Gasteiger partial charge in [-0.15, -0.1) is 0 Å². The Morgan fingerprint density at radius 2 is 1.58 bits per heavy atom. The lowest BCUT2D eigenvalue weighted by Gasteiger charge is -2.35. The lowest BCUT2D eigenvalue weighted by atomic mass is 10.1. The van der Waals surface area contributed by atoms with Crippen LogP contribution in [0.2, 0.25) is 0 Å². The lowest BCUT2D eigenvalue weighted by molar-refractivity contribution is -0.135. The summed E-state index contributed by atoms with van der Waals surface area (Å²) in [5, 5.41) is 0. The molecular weight excluding hydrogens is 400 g/mol. The lowest BCUT2D eigenvalue weighted by Crippen LogP contribution is -2.49. The summed E-state index contributed by atoms with van der Waals surface area (Å²) in [6, 6.07) is 10.5. The Hall–Kier alpha value is -3.26. The summed E-state index contributed by atoms with van der Waals surface area (Å²) in [5.74, 6) is 2.38. The smallest absolute Gasteiger partial charge is 0.260 e. The Labute approximate surface area is 182 Å². The molecule has 2 aromatic rings. The van der Waals surface area contributed by atoms with E-state index >= 15 is 0 Å². The van der Waals surface area contributed by atoms with Crippen LogP contribution in [-0.2, 0) is 11.3 Å². The van der Waals surface area contributed by atoms with Crippen LogP contribution in [0.25, 0.3) is 0 Å². The van der Waals surface area contributed by atoms with Gasteiger partial charge in [-0.2, -0.15) is 0 Å². The van der Waals surface area contributed by atoms with Crippen molar-refractivity contribution in [1.29, 1.82) is 0 Å². The van der Waals surface area contributed by atoms with E-state index in [0.717, 1.165) is 24.9 Å². The summed E-state index contributed by atoms with van der Waals surface area (Å²) in [7, 11) is 4.80. The van der Waals surface area contributed by atoms with E-state index in [1.54, 1.807) is 45.6 Å². The molecule has 0 saturated carbocycles. The van der Waals surface area contributed by atoms with Crippen LogP contribution in [0.5, 0.6) is 23.0 Å². The van der Waals surface area contributed by atoms with Gasteiger partial charge in [0, 0.05) is 43.9 Å². The number of hydrogen-bond donors (Lipinski definition) is 0. The van der Waals surface area contributed by atoms with Gasteiger partial charge in [0.1, 0.15) is 12.0 Å². The normalized spacial score (nSPS) is 14.1. The average Bonchev–Trinajstić information content (AvgIpc) is 2.82. The van der Waals surface area contributed by atoms with E-state index in [0.29, 0.717) is 48.2 Å². The maximum atomic E-state index is 12.5. The summed E-state index contributed by atoms with van der Waals surface area (Å²) in [4.78, 5) is 27.3. The first-order chi connectivity index (χ1) is 15.1. The molecule has 0 aromatic heterocycles. The number of benzene rings is 2. The molecule has 8 nitrogen and oxygen atoms in total. The maximum Gasteiger partial charge on any atom is 0.260 e. The van der Waals surface area contributed by atoms with E-state index in [4.69, 9.17) is 18.9 Å². The minimum absolute atomic E-state index is 0.0239. The first-order valence-electron chi connectivity index (χ1n) is 10.1. The van der Waals surface area contributed by atoms with Crippen molar-refractivity contribution in [1.82, 2.24) is 9.80 Å². The van der Waals surface area contributed by atoms with Gasteiger partial charge in [-0.05, 0) is 30.3 Å². The zero-order chi connectivity index (χ0) is 22.2. The molecule has 1 fully saturated rings. The molecule has 1 amide bonds. The Morgan fingerprint density at radius 1 is 0.903 bits per heavy atom. The van der Waals surface area contributed by atoms with Crippen LogP contribution in [0, 0.1) is 0 Å². The molecule has 8 heteroatoms. The number of nitrogens with zero attached hydrogens (tertiary/aromatic N) is 2. The molecule has 1 aliphatic heterocycles. The molecule has 1 heterocycles.